The Morgan fingerprint density at radius 3 is 2.76 bits per heavy atom. The predicted octanol–water partition coefficient (Wildman–Crippen LogP) is 1.25. The lowest BCUT2D eigenvalue weighted by Gasteiger charge is -2.31. The average molecular weight is 446 g/mol. The number of carbonyl (C=O) groups is 2. The van der Waals surface area contributed by atoms with Crippen LogP contribution in [0.25, 0.3) is 0 Å². The van der Waals surface area contributed by atoms with Crippen molar-refractivity contribution in [2.24, 2.45) is 5.92 Å². The van der Waals surface area contributed by atoms with E-state index >= 15 is 0 Å². The number of nitrogens with one attached hydrogen (secondary N) is 1. The fourth-order valence-corrected chi connectivity index (χ4v) is 6.25. The van der Waals surface area contributed by atoms with Crippen LogP contribution in [0.4, 0.5) is 4.79 Å². The van der Waals surface area contributed by atoms with Gasteiger partial charge in [0.1, 0.15) is 4.21 Å². The second kappa shape index (κ2) is 9.88. The number of hydrogen-bond donors (Lipinski definition) is 1. The first-order valence-electron chi connectivity index (χ1n) is 9.78. The van der Waals surface area contributed by atoms with Gasteiger partial charge in [0.25, 0.3) is 10.0 Å². The van der Waals surface area contributed by atoms with Gasteiger partial charge < -0.3 is 19.7 Å². The molecule has 0 aliphatic carbocycles. The molecule has 3 heterocycles. The van der Waals surface area contributed by atoms with Gasteiger partial charge >= 0.3 is 6.09 Å². The summed E-state index contributed by atoms with van der Waals surface area (Å²) in [6, 6.07) is 3.31. The normalized spacial score (nSPS) is 21.0. The monoisotopic (exact) mass is 445 g/mol. The highest BCUT2D eigenvalue weighted by Gasteiger charge is 2.30. The van der Waals surface area contributed by atoms with Crippen LogP contribution in [0.2, 0.25) is 0 Å². The van der Waals surface area contributed by atoms with Crippen molar-refractivity contribution in [3.63, 3.8) is 0 Å². The van der Waals surface area contributed by atoms with Crippen molar-refractivity contribution in [3.05, 3.63) is 17.0 Å². The van der Waals surface area contributed by atoms with Crippen LogP contribution in [0.3, 0.4) is 0 Å². The zero-order valence-corrected chi connectivity index (χ0v) is 18.1. The minimum Gasteiger partial charge on any atom is -0.450 e. The van der Waals surface area contributed by atoms with Crippen LogP contribution in [-0.2, 0) is 30.8 Å². The number of piperidine rings is 1. The minimum absolute atomic E-state index is 0.134. The number of likely N-dealkylation sites (tertiary alicyclic amines) is 1. The van der Waals surface area contributed by atoms with E-state index in [4.69, 9.17) is 9.47 Å². The molecule has 0 saturated carbocycles. The number of sulfonamides is 1. The van der Waals surface area contributed by atoms with E-state index in [0.29, 0.717) is 52.4 Å². The van der Waals surface area contributed by atoms with Crippen molar-refractivity contribution in [2.45, 2.75) is 30.5 Å². The highest BCUT2D eigenvalue weighted by Crippen LogP contribution is 2.26. The fourth-order valence-electron chi connectivity index (χ4n) is 3.40. The number of ether oxygens (including phenoxy) is 2. The van der Waals surface area contributed by atoms with Gasteiger partial charge in [-0.3, -0.25) is 4.79 Å². The summed E-state index contributed by atoms with van der Waals surface area (Å²) in [5.41, 5.74) is 0. The summed E-state index contributed by atoms with van der Waals surface area (Å²) in [7, 11) is -3.52. The third-order valence-corrected chi connectivity index (χ3v) is 8.41. The Morgan fingerprint density at radius 1 is 1.28 bits per heavy atom. The van der Waals surface area contributed by atoms with E-state index in [9.17, 15) is 18.0 Å². The highest BCUT2D eigenvalue weighted by molar-refractivity contribution is 7.91. The maximum Gasteiger partial charge on any atom is 0.409 e. The van der Waals surface area contributed by atoms with Gasteiger partial charge in [-0.15, -0.1) is 11.3 Å². The molecule has 2 aliphatic rings. The molecule has 2 saturated heterocycles. The Balaban J connectivity index is 1.54. The minimum atomic E-state index is -3.52. The van der Waals surface area contributed by atoms with Gasteiger partial charge in [-0.05, 0) is 31.9 Å². The largest absolute Gasteiger partial charge is 0.450 e. The summed E-state index contributed by atoms with van der Waals surface area (Å²) >= 11 is 1.16. The molecule has 2 amide bonds. The van der Waals surface area contributed by atoms with Gasteiger partial charge in [-0.25, -0.2) is 13.2 Å². The zero-order valence-electron chi connectivity index (χ0n) is 16.5. The molecule has 1 unspecified atom stereocenters. The van der Waals surface area contributed by atoms with Crippen molar-refractivity contribution < 1.29 is 27.5 Å². The van der Waals surface area contributed by atoms with Crippen molar-refractivity contribution >= 4 is 33.4 Å². The lowest BCUT2D eigenvalue weighted by molar-refractivity contribution is -0.126. The molecule has 0 aromatic carbocycles. The van der Waals surface area contributed by atoms with E-state index in [-0.39, 0.29) is 28.7 Å². The first-order chi connectivity index (χ1) is 13.9. The molecule has 0 bridgehead atoms. The van der Waals surface area contributed by atoms with Gasteiger partial charge in [-0.1, -0.05) is 0 Å². The molecule has 3 rings (SSSR count). The standard InChI is InChI=1S/C18H27N3O6S2/c1-2-27-18(23)20-7-3-4-14(13-20)17(22)19-12-15-5-6-16(28-15)29(24,25)21-8-10-26-11-9-21/h5-6,14H,2-4,7-13H2,1H3,(H,19,22). The molecule has 0 radical (unpaired) electrons. The molecule has 1 atom stereocenters. The van der Waals surface area contributed by atoms with E-state index in [1.807, 2.05) is 0 Å². The predicted molar refractivity (Wildman–Crippen MR) is 107 cm³/mol. The average Bonchev–Trinajstić information content (AvgIpc) is 3.23. The van der Waals surface area contributed by atoms with Gasteiger partial charge in [0, 0.05) is 31.1 Å². The van der Waals surface area contributed by atoms with E-state index in [1.165, 1.54) is 4.31 Å². The smallest absolute Gasteiger partial charge is 0.409 e. The quantitative estimate of drug-likeness (QED) is 0.707. The molecule has 1 aromatic heterocycles. The van der Waals surface area contributed by atoms with Crippen LogP contribution in [0.1, 0.15) is 24.6 Å². The maximum atomic E-state index is 12.7. The summed E-state index contributed by atoms with van der Waals surface area (Å²) in [4.78, 5) is 26.7. The fraction of sp³-hybridized carbons (Fsp3) is 0.667. The Kier molecular flexibility index (Phi) is 7.49. The number of thiophene rings is 1. The van der Waals surface area contributed by atoms with Gasteiger partial charge in [0.05, 0.1) is 32.3 Å². The molecule has 1 N–H and O–H groups in total. The maximum absolute atomic E-state index is 12.7. The molecule has 0 spiro atoms. The Hall–Kier alpha value is -1.69. The van der Waals surface area contributed by atoms with Crippen LogP contribution in [0, 0.1) is 5.92 Å². The molecule has 9 nitrogen and oxygen atoms in total. The Bertz CT molecular complexity index is 819. The van der Waals surface area contributed by atoms with Crippen LogP contribution < -0.4 is 5.32 Å². The highest BCUT2D eigenvalue weighted by atomic mass is 32.2. The van der Waals surface area contributed by atoms with Gasteiger partial charge in [0.15, 0.2) is 0 Å². The second-order valence-electron chi connectivity index (χ2n) is 6.94. The summed E-state index contributed by atoms with van der Waals surface area (Å²) < 4.78 is 37.3. The van der Waals surface area contributed by atoms with Gasteiger partial charge in [0.2, 0.25) is 5.91 Å². The van der Waals surface area contributed by atoms with E-state index in [2.05, 4.69) is 5.32 Å². The zero-order chi connectivity index (χ0) is 20.9. The summed E-state index contributed by atoms with van der Waals surface area (Å²) in [5.74, 6) is -0.422. The van der Waals surface area contributed by atoms with E-state index in [1.54, 1.807) is 24.0 Å². The number of morpholine rings is 1. The van der Waals surface area contributed by atoms with Crippen molar-refractivity contribution in [3.8, 4) is 0 Å². The SMILES string of the molecule is CCOC(=O)N1CCCC(C(=O)NCc2ccc(S(=O)(=O)N3CCOCC3)s2)C1. The lowest BCUT2D eigenvalue weighted by Crippen LogP contribution is -2.45. The number of hydrogen-bond acceptors (Lipinski definition) is 7. The summed E-state index contributed by atoms with van der Waals surface area (Å²) in [6.45, 7) is 4.76. The third kappa shape index (κ3) is 5.47. The van der Waals surface area contributed by atoms with Crippen LogP contribution in [0.5, 0.6) is 0 Å². The summed E-state index contributed by atoms with van der Waals surface area (Å²) in [5, 5.41) is 2.87. The topological polar surface area (TPSA) is 105 Å². The molecule has 162 valence electrons. The number of rotatable bonds is 6. The first kappa shape index (κ1) is 22.0. The second-order valence-corrected chi connectivity index (χ2v) is 10.3. The van der Waals surface area contributed by atoms with Crippen LogP contribution >= 0.6 is 11.3 Å². The molecule has 1 aromatic rings. The summed E-state index contributed by atoms with van der Waals surface area (Å²) in [6.07, 6.45) is 1.07. The van der Waals surface area contributed by atoms with Gasteiger partial charge in [-0.2, -0.15) is 4.31 Å². The van der Waals surface area contributed by atoms with Crippen molar-refractivity contribution in [1.29, 1.82) is 0 Å². The van der Waals surface area contributed by atoms with E-state index < -0.39 is 10.0 Å². The molecule has 11 heteroatoms. The number of nitrogens with zero attached hydrogens (tertiary/aromatic N) is 2. The van der Waals surface area contributed by atoms with Crippen LogP contribution in [0.15, 0.2) is 16.3 Å². The molecular weight excluding hydrogens is 418 g/mol. The molecule has 29 heavy (non-hydrogen) atoms. The van der Waals surface area contributed by atoms with Crippen molar-refractivity contribution in [2.75, 3.05) is 46.0 Å². The Morgan fingerprint density at radius 2 is 2.03 bits per heavy atom. The third-order valence-electron chi connectivity index (χ3n) is 4.96. The molecular formula is C18H27N3O6S2. The van der Waals surface area contributed by atoms with E-state index in [0.717, 1.165) is 22.6 Å². The van der Waals surface area contributed by atoms with Crippen LogP contribution in [-0.4, -0.2) is 75.6 Å². The number of carbonyl (C=O) groups excluding carboxylic acids is 2. The lowest BCUT2D eigenvalue weighted by atomic mass is 9.97. The molecule has 2 fully saturated rings. The molecule has 2 aliphatic heterocycles. The number of amides is 2. The van der Waals surface area contributed by atoms with Crippen molar-refractivity contribution in [1.82, 2.24) is 14.5 Å². The Labute approximate surface area is 175 Å². The first-order valence-corrected chi connectivity index (χ1v) is 12.0.